The second kappa shape index (κ2) is 4.01. The van der Waals surface area contributed by atoms with Crippen LogP contribution in [0.15, 0.2) is 0 Å². The lowest BCUT2D eigenvalue weighted by Gasteiger charge is -2.15. The Morgan fingerprint density at radius 3 is 2.69 bits per heavy atom. The topological polar surface area (TPSA) is 35.8 Å². The molecule has 1 aliphatic rings. The van der Waals surface area contributed by atoms with E-state index in [0.717, 1.165) is 19.8 Å². The molecule has 1 rings (SSSR count). The molecular weight excluding hydrogens is 174 g/mol. The van der Waals surface area contributed by atoms with Crippen molar-refractivity contribution in [3.05, 3.63) is 0 Å². The van der Waals surface area contributed by atoms with E-state index in [1.165, 1.54) is 0 Å². The number of rotatable bonds is 3. The maximum Gasteiger partial charge on any atom is 0.257 e. The molecule has 0 bridgehead atoms. The highest BCUT2D eigenvalue weighted by Crippen LogP contribution is 2.25. The van der Waals surface area contributed by atoms with Crippen molar-refractivity contribution in [1.82, 2.24) is 5.32 Å². The molecule has 1 N–H and O–H groups in total. The SMILES string of the molecule is CC(F)(F)CNC1CCC(C#N)C1. The van der Waals surface area contributed by atoms with Gasteiger partial charge in [-0.15, -0.1) is 0 Å². The van der Waals surface area contributed by atoms with Crippen molar-refractivity contribution in [1.29, 1.82) is 5.26 Å². The van der Waals surface area contributed by atoms with Crippen molar-refractivity contribution < 1.29 is 8.78 Å². The van der Waals surface area contributed by atoms with Gasteiger partial charge in [0, 0.05) is 18.9 Å². The van der Waals surface area contributed by atoms with E-state index in [-0.39, 0.29) is 18.5 Å². The molecule has 0 aromatic carbocycles. The zero-order chi connectivity index (χ0) is 9.90. The zero-order valence-corrected chi connectivity index (χ0v) is 7.69. The Morgan fingerprint density at radius 1 is 1.54 bits per heavy atom. The van der Waals surface area contributed by atoms with Crippen LogP contribution < -0.4 is 5.32 Å². The lowest BCUT2D eigenvalue weighted by atomic mass is 10.1. The lowest BCUT2D eigenvalue weighted by molar-refractivity contribution is 0.0200. The zero-order valence-electron chi connectivity index (χ0n) is 7.69. The summed E-state index contributed by atoms with van der Waals surface area (Å²) >= 11 is 0. The predicted octanol–water partition coefficient (Wildman–Crippen LogP) is 1.92. The van der Waals surface area contributed by atoms with Crippen LogP contribution in [0.5, 0.6) is 0 Å². The molecule has 1 saturated carbocycles. The van der Waals surface area contributed by atoms with E-state index in [2.05, 4.69) is 11.4 Å². The van der Waals surface area contributed by atoms with Gasteiger partial charge in [0.2, 0.25) is 0 Å². The van der Waals surface area contributed by atoms with Gasteiger partial charge in [0.25, 0.3) is 5.92 Å². The smallest absolute Gasteiger partial charge is 0.257 e. The molecule has 0 heterocycles. The number of nitrogens with zero attached hydrogens (tertiary/aromatic N) is 1. The minimum atomic E-state index is -2.65. The van der Waals surface area contributed by atoms with Crippen molar-refractivity contribution in [2.45, 2.75) is 38.2 Å². The average Bonchev–Trinajstić information content (AvgIpc) is 2.47. The second-order valence-electron chi connectivity index (χ2n) is 3.79. The summed E-state index contributed by atoms with van der Waals surface area (Å²) in [5, 5.41) is 11.4. The maximum atomic E-state index is 12.4. The number of alkyl halides is 2. The first-order valence-corrected chi connectivity index (χ1v) is 4.52. The summed E-state index contributed by atoms with van der Waals surface area (Å²) in [6, 6.07) is 2.27. The Hall–Kier alpha value is -0.690. The van der Waals surface area contributed by atoms with Gasteiger partial charge < -0.3 is 5.32 Å². The molecule has 2 nitrogen and oxygen atoms in total. The molecular formula is C9H14F2N2. The normalized spacial score (nSPS) is 28.8. The molecule has 4 heteroatoms. The fraction of sp³-hybridized carbons (Fsp3) is 0.889. The van der Waals surface area contributed by atoms with Gasteiger partial charge in [-0.05, 0) is 19.3 Å². The molecule has 1 aliphatic carbocycles. The first kappa shape index (κ1) is 10.4. The van der Waals surface area contributed by atoms with Crippen LogP contribution in [0.1, 0.15) is 26.2 Å². The number of hydrogen-bond donors (Lipinski definition) is 1. The molecule has 0 aromatic heterocycles. The van der Waals surface area contributed by atoms with Gasteiger partial charge in [-0.25, -0.2) is 8.78 Å². The first-order chi connectivity index (χ1) is 6.01. The van der Waals surface area contributed by atoms with Crippen LogP contribution in [0.2, 0.25) is 0 Å². The van der Waals surface area contributed by atoms with Crippen LogP contribution in [0.3, 0.4) is 0 Å². The Morgan fingerprint density at radius 2 is 2.23 bits per heavy atom. The Labute approximate surface area is 76.9 Å². The number of nitrogens with one attached hydrogen (secondary N) is 1. The summed E-state index contributed by atoms with van der Waals surface area (Å²) < 4.78 is 24.9. The molecule has 1 fully saturated rings. The molecule has 0 spiro atoms. The molecule has 74 valence electrons. The van der Waals surface area contributed by atoms with Gasteiger partial charge in [-0.3, -0.25) is 0 Å². The highest BCUT2D eigenvalue weighted by Gasteiger charge is 2.27. The molecule has 0 saturated heterocycles. The van der Waals surface area contributed by atoms with Crippen molar-refractivity contribution in [3.8, 4) is 6.07 Å². The van der Waals surface area contributed by atoms with E-state index in [1.54, 1.807) is 0 Å². The lowest BCUT2D eigenvalue weighted by Crippen LogP contribution is -2.36. The van der Waals surface area contributed by atoms with Crippen molar-refractivity contribution in [3.63, 3.8) is 0 Å². The van der Waals surface area contributed by atoms with Crippen LogP contribution >= 0.6 is 0 Å². The van der Waals surface area contributed by atoms with Crippen LogP contribution in [0.4, 0.5) is 8.78 Å². The van der Waals surface area contributed by atoms with Crippen LogP contribution in [0.25, 0.3) is 0 Å². The van der Waals surface area contributed by atoms with Gasteiger partial charge in [-0.1, -0.05) is 0 Å². The van der Waals surface area contributed by atoms with E-state index in [9.17, 15) is 8.78 Å². The summed E-state index contributed by atoms with van der Waals surface area (Å²) in [5.41, 5.74) is 0. The fourth-order valence-corrected chi connectivity index (χ4v) is 1.61. The second-order valence-corrected chi connectivity index (χ2v) is 3.79. The quantitative estimate of drug-likeness (QED) is 0.734. The highest BCUT2D eigenvalue weighted by atomic mass is 19.3. The number of hydrogen-bond acceptors (Lipinski definition) is 2. The third kappa shape index (κ3) is 3.69. The summed E-state index contributed by atoms with van der Waals surface area (Å²) in [6.45, 7) is 0.618. The predicted molar refractivity (Wildman–Crippen MR) is 45.4 cm³/mol. The van der Waals surface area contributed by atoms with Crippen molar-refractivity contribution in [2.75, 3.05) is 6.54 Å². The Kier molecular flexibility index (Phi) is 3.21. The highest BCUT2D eigenvalue weighted by molar-refractivity contribution is 4.92. The maximum absolute atomic E-state index is 12.4. The summed E-state index contributed by atoms with van der Waals surface area (Å²) in [5.74, 6) is -2.59. The van der Waals surface area contributed by atoms with Crippen molar-refractivity contribution >= 4 is 0 Å². The minimum absolute atomic E-state index is 0.0583. The van der Waals surface area contributed by atoms with Gasteiger partial charge in [0.15, 0.2) is 0 Å². The molecule has 2 unspecified atom stereocenters. The number of halogens is 2. The van der Waals surface area contributed by atoms with E-state index in [1.807, 2.05) is 0 Å². The Balaban J connectivity index is 2.22. The average molecular weight is 188 g/mol. The molecule has 0 radical (unpaired) electrons. The van der Waals surface area contributed by atoms with Gasteiger partial charge in [0.1, 0.15) is 0 Å². The van der Waals surface area contributed by atoms with Gasteiger partial charge in [0.05, 0.1) is 12.6 Å². The summed E-state index contributed by atoms with van der Waals surface area (Å²) in [6.07, 6.45) is 2.39. The first-order valence-electron chi connectivity index (χ1n) is 4.52. The monoisotopic (exact) mass is 188 g/mol. The van der Waals surface area contributed by atoms with E-state index in [4.69, 9.17) is 5.26 Å². The minimum Gasteiger partial charge on any atom is -0.308 e. The van der Waals surface area contributed by atoms with Crippen LogP contribution in [0, 0.1) is 17.2 Å². The fourth-order valence-electron chi connectivity index (χ4n) is 1.61. The molecule has 0 aromatic rings. The van der Waals surface area contributed by atoms with Gasteiger partial charge >= 0.3 is 0 Å². The standard InChI is InChI=1S/C9H14F2N2/c1-9(10,11)6-13-8-3-2-7(4-8)5-12/h7-8,13H,2-4,6H2,1H3. The molecule has 2 atom stereocenters. The third-order valence-electron chi connectivity index (χ3n) is 2.32. The third-order valence-corrected chi connectivity index (χ3v) is 2.32. The van der Waals surface area contributed by atoms with E-state index >= 15 is 0 Å². The summed E-state index contributed by atoms with van der Waals surface area (Å²) in [4.78, 5) is 0. The van der Waals surface area contributed by atoms with Gasteiger partial charge in [-0.2, -0.15) is 5.26 Å². The largest absolute Gasteiger partial charge is 0.308 e. The van der Waals surface area contributed by atoms with E-state index < -0.39 is 5.92 Å². The Bertz CT molecular complexity index is 205. The summed E-state index contributed by atoms with van der Waals surface area (Å²) in [7, 11) is 0. The number of nitriles is 1. The van der Waals surface area contributed by atoms with E-state index in [0.29, 0.717) is 6.42 Å². The van der Waals surface area contributed by atoms with Crippen molar-refractivity contribution in [2.24, 2.45) is 5.92 Å². The molecule has 0 amide bonds. The van der Waals surface area contributed by atoms with Crippen LogP contribution in [-0.4, -0.2) is 18.5 Å². The molecule has 0 aliphatic heterocycles. The van der Waals surface area contributed by atoms with Crippen LogP contribution in [-0.2, 0) is 0 Å². The molecule has 13 heavy (non-hydrogen) atoms.